The van der Waals surface area contributed by atoms with E-state index in [0.29, 0.717) is 5.56 Å². The molecule has 9 heteroatoms. The number of fused-ring (bicyclic) bond motifs is 1. The molecule has 176 valence electrons. The number of anilines is 1. The van der Waals surface area contributed by atoms with Crippen LogP contribution in [0.1, 0.15) is 26.3 Å². The first kappa shape index (κ1) is 23.5. The summed E-state index contributed by atoms with van der Waals surface area (Å²) in [6.07, 6.45) is 4.05. The molecule has 1 spiro atoms. The Kier molecular flexibility index (Phi) is 5.67. The second-order valence-electron chi connectivity index (χ2n) is 9.56. The summed E-state index contributed by atoms with van der Waals surface area (Å²) in [5, 5.41) is 20.0. The Bertz CT molecular complexity index is 1060. The number of hydrogen-bond donors (Lipinski definition) is 2. The molecule has 0 saturated carbocycles. The first-order valence-electron chi connectivity index (χ1n) is 10.7. The van der Waals surface area contributed by atoms with E-state index in [1.165, 1.54) is 4.90 Å². The number of carboxylic acids is 1. The molecule has 2 bridgehead atoms. The Morgan fingerprint density at radius 3 is 2.64 bits per heavy atom. The summed E-state index contributed by atoms with van der Waals surface area (Å²) in [6.45, 7) is 9.14. The Balaban J connectivity index is 1.95. The van der Waals surface area contributed by atoms with Crippen LogP contribution in [0.3, 0.4) is 0 Å². The van der Waals surface area contributed by atoms with Crippen LogP contribution in [0.15, 0.2) is 43.0 Å². The number of halogens is 1. The Labute approximate surface area is 197 Å². The third kappa shape index (κ3) is 3.31. The Hall–Kier alpha value is -2.68. The lowest BCUT2D eigenvalue weighted by molar-refractivity contribution is -0.146. The van der Waals surface area contributed by atoms with E-state index in [-0.39, 0.29) is 17.3 Å². The number of rotatable bonds is 6. The molecule has 2 amide bonds. The Morgan fingerprint density at radius 2 is 2.06 bits per heavy atom. The lowest BCUT2D eigenvalue weighted by atomic mass is 9.74. The number of nitrogens with zero attached hydrogens (tertiary/aromatic N) is 2. The molecule has 2 fully saturated rings. The Morgan fingerprint density at radius 1 is 1.36 bits per heavy atom. The quantitative estimate of drug-likeness (QED) is 0.613. The van der Waals surface area contributed by atoms with Gasteiger partial charge in [0.15, 0.2) is 0 Å². The van der Waals surface area contributed by atoms with Crippen molar-refractivity contribution in [2.24, 2.45) is 11.8 Å². The van der Waals surface area contributed by atoms with Crippen molar-refractivity contribution in [3.63, 3.8) is 0 Å². The van der Waals surface area contributed by atoms with E-state index < -0.39 is 59.5 Å². The van der Waals surface area contributed by atoms with Crippen molar-refractivity contribution in [3.8, 4) is 0 Å². The minimum absolute atomic E-state index is 0.167. The molecule has 1 aromatic carbocycles. The molecular weight excluding hydrogens is 448 g/mol. The van der Waals surface area contributed by atoms with Gasteiger partial charge in [-0.25, -0.2) is 0 Å². The lowest BCUT2D eigenvalue weighted by Crippen LogP contribution is -2.59. The summed E-state index contributed by atoms with van der Waals surface area (Å²) in [7, 11) is 0. The van der Waals surface area contributed by atoms with Gasteiger partial charge in [-0.2, -0.15) is 0 Å². The van der Waals surface area contributed by atoms with Crippen molar-refractivity contribution in [2.75, 3.05) is 11.4 Å². The van der Waals surface area contributed by atoms with Crippen LogP contribution in [-0.2, 0) is 25.7 Å². The van der Waals surface area contributed by atoms with Crippen LogP contribution in [0.2, 0.25) is 5.02 Å². The van der Waals surface area contributed by atoms with E-state index >= 15 is 0 Å². The lowest BCUT2D eigenvalue weighted by Gasteiger charge is -2.41. The molecule has 3 aliphatic heterocycles. The van der Waals surface area contributed by atoms with Gasteiger partial charge in [-0.15, -0.1) is 6.58 Å². The molecule has 1 aromatic rings. The van der Waals surface area contributed by atoms with Crippen molar-refractivity contribution in [3.05, 3.63) is 53.6 Å². The highest BCUT2D eigenvalue weighted by Gasteiger charge is 2.74. The molecule has 5 unspecified atom stereocenters. The molecule has 0 radical (unpaired) electrons. The van der Waals surface area contributed by atoms with Crippen molar-refractivity contribution in [1.82, 2.24) is 4.90 Å². The van der Waals surface area contributed by atoms with Gasteiger partial charge in [-0.3, -0.25) is 19.3 Å². The second-order valence-corrected chi connectivity index (χ2v) is 9.97. The molecule has 0 aliphatic carbocycles. The van der Waals surface area contributed by atoms with E-state index in [9.17, 15) is 24.6 Å². The number of ether oxygens (including phenoxy) is 1. The minimum Gasteiger partial charge on any atom is -0.481 e. The van der Waals surface area contributed by atoms with Crippen LogP contribution in [0.25, 0.3) is 0 Å². The molecule has 3 aliphatic rings. The minimum atomic E-state index is -1.46. The highest BCUT2D eigenvalue weighted by atomic mass is 35.5. The van der Waals surface area contributed by atoms with Crippen molar-refractivity contribution >= 4 is 35.1 Å². The van der Waals surface area contributed by atoms with Gasteiger partial charge in [-0.1, -0.05) is 42.0 Å². The summed E-state index contributed by atoms with van der Waals surface area (Å²) in [5.41, 5.74) is -1.55. The molecular formula is C24H27ClN2O6. The predicted octanol–water partition coefficient (Wildman–Crippen LogP) is 2.39. The number of carbonyl (C=O) groups is 3. The summed E-state index contributed by atoms with van der Waals surface area (Å²) < 4.78 is 6.13. The molecule has 33 heavy (non-hydrogen) atoms. The van der Waals surface area contributed by atoms with Crippen LogP contribution in [0, 0.1) is 11.8 Å². The number of para-hydroxylation sites is 1. The zero-order valence-corrected chi connectivity index (χ0v) is 19.5. The second kappa shape index (κ2) is 7.97. The number of carbonyl (C=O) groups excluding carboxylic acids is 2. The molecule has 0 aromatic heterocycles. The maximum atomic E-state index is 14.1. The monoisotopic (exact) mass is 474 g/mol. The summed E-state index contributed by atoms with van der Waals surface area (Å²) in [6, 6.07) is 3.60. The zero-order chi connectivity index (χ0) is 24.3. The van der Waals surface area contributed by atoms with Crippen LogP contribution in [-0.4, -0.2) is 62.7 Å². The fraction of sp³-hybridized carbons (Fsp3) is 0.458. The van der Waals surface area contributed by atoms with Gasteiger partial charge in [0.2, 0.25) is 11.8 Å². The summed E-state index contributed by atoms with van der Waals surface area (Å²) in [4.78, 5) is 43.0. The predicted molar refractivity (Wildman–Crippen MR) is 122 cm³/mol. The molecule has 4 rings (SSSR count). The van der Waals surface area contributed by atoms with Gasteiger partial charge in [0.05, 0.1) is 29.3 Å². The fourth-order valence-electron chi connectivity index (χ4n) is 5.31. The number of aliphatic hydroxyl groups excluding tert-OH is 1. The first-order valence-corrected chi connectivity index (χ1v) is 11.1. The van der Waals surface area contributed by atoms with Crippen LogP contribution < -0.4 is 4.90 Å². The van der Waals surface area contributed by atoms with Gasteiger partial charge in [0.1, 0.15) is 17.6 Å². The van der Waals surface area contributed by atoms with Gasteiger partial charge in [0.25, 0.3) is 0 Å². The number of amides is 2. The smallest absolute Gasteiger partial charge is 0.310 e. The maximum absolute atomic E-state index is 14.1. The third-order valence-electron chi connectivity index (χ3n) is 6.66. The number of aliphatic carboxylic acids is 1. The molecule has 2 saturated heterocycles. The number of carboxylic acid groups (broad SMARTS) is 1. The van der Waals surface area contributed by atoms with Crippen molar-refractivity contribution in [2.45, 2.75) is 50.7 Å². The molecule has 2 N–H and O–H groups in total. The van der Waals surface area contributed by atoms with E-state index in [1.807, 2.05) is 20.8 Å². The number of aliphatic hydroxyl groups is 1. The maximum Gasteiger partial charge on any atom is 0.310 e. The van der Waals surface area contributed by atoms with E-state index in [4.69, 9.17) is 16.3 Å². The number of hydrogen-bond acceptors (Lipinski definition) is 5. The standard InChI is InChI=1S/C24H27ClN2O6/c1-5-11-26(23(2,3)4)21(30)19-24-10-9-15(33-24)16(22(31)32)17(24)20(29)27(19)18-13(12-28)7-6-8-14(18)25/h5-10,15-17,19,28H,1,11-12H2,2-4H3,(H,31,32). The average Bonchev–Trinajstić information content (AvgIpc) is 3.38. The highest BCUT2D eigenvalue weighted by Crippen LogP contribution is 2.57. The van der Waals surface area contributed by atoms with Crippen LogP contribution in [0.4, 0.5) is 5.69 Å². The van der Waals surface area contributed by atoms with Gasteiger partial charge < -0.3 is 19.8 Å². The van der Waals surface area contributed by atoms with Gasteiger partial charge >= 0.3 is 5.97 Å². The average molecular weight is 475 g/mol. The highest BCUT2D eigenvalue weighted by molar-refractivity contribution is 6.34. The van der Waals surface area contributed by atoms with Crippen molar-refractivity contribution in [1.29, 1.82) is 0 Å². The van der Waals surface area contributed by atoms with Gasteiger partial charge in [-0.05, 0) is 26.8 Å². The third-order valence-corrected chi connectivity index (χ3v) is 6.97. The molecule has 5 atom stereocenters. The fourth-order valence-corrected chi connectivity index (χ4v) is 5.59. The number of benzene rings is 1. The van der Waals surface area contributed by atoms with E-state index in [1.54, 1.807) is 41.3 Å². The van der Waals surface area contributed by atoms with Crippen LogP contribution >= 0.6 is 11.6 Å². The molecule has 3 heterocycles. The topological polar surface area (TPSA) is 107 Å². The SMILES string of the molecule is C=CCN(C(=O)C1N(c2c(Cl)cccc2CO)C(=O)C2C(C(=O)O)C3C=CC21O3)C(C)(C)C. The zero-order valence-electron chi connectivity index (χ0n) is 18.7. The van der Waals surface area contributed by atoms with Crippen LogP contribution in [0.5, 0.6) is 0 Å². The molecule has 8 nitrogen and oxygen atoms in total. The van der Waals surface area contributed by atoms with Gasteiger partial charge in [0, 0.05) is 17.6 Å². The summed E-state index contributed by atoms with van der Waals surface area (Å²) >= 11 is 6.49. The van der Waals surface area contributed by atoms with E-state index in [0.717, 1.165) is 0 Å². The normalized spacial score (nSPS) is 30.0. The summed E-state index contributed by atoms with van der Waals surface area (Å²) in [5.74, 6) is -4.39. The van der Waals surface area contributed by atoms with Crippen molar-refractivity contribution < 1.29 is 29.3 Å². The van der Waals surface area contributed by atoms with E-state index in [2.05, 4.69) is 6.58 Å². The first-order chi connectivity index (χ1) is 15.5. The largest absolute Gasteiger partial charge is 0.481 e.